The van der Waals surface area contributed by atoms with Gasteiger partial charge in [-0.2, -0.15) is 0 Å². The van der Waals surface area contributed by atoms with Crippen molar-refractivity contribution in [2.75, 3.05) is 0 Å². The molecule has 4 nitrogen and oxygen atoms in total. The zero-order valence-electron chi connectivity index (χ0n) is 24.7. The van der Waals surface area contributed by atoms with Gasteiger partial charge >= 0.3 is 5.97 Å². The lowest BCUT2D eigenvalue weighted by atomic mass is 10.1. The number of aliphatic hydroxyl groups excluding tert-OH is 2. The van der Waals surface area contributed by atoms with E-state index in [1.54, 1.807) is 56.7 Å². The largest absolute Gasteiger partial charge is 0.481 e. The second-order valence-electron chi connectivity index (χ2n) is 10.9. The molecule has 0 unspecified atom stereocenters. The molecule has 230 valence electrons. The average Bonchev–Trinajstić information content (AvgIpc) is 3.90. The number of rotatable bonds is 10. The second kappa shape index (κ2) is 13.2. The first-order valence-electron chi connectivity index (χ1n) is 14.5. The Morgan fingerprint density at radius 3 is 1.59 bits per heavy atom. The molecule has 0 aliphatic rings. The molecule has 3 N–H and O–H groups in total. The lowest BCUT2D eigenvalue weighted by Gasteiger charge is -2.00. The molecule has 5 aromatic heterocycles. The highest BCUT2D eigenvalue weighted by molar-refractivity contribution is 7.30. The van der Waals surface area contributed by atoms with Crippen LogP contribution in [0.15, 0.2) is 97.1 Å². The zero-order valence-corrected chi connectivity index (χ0v) is 28.7. The quantitative estimate of drug-likeness (QED) is 0.133. The second-order valence-corrected chi connectivity index (χ2v) is 16.2. The SMILES string of the molecule is Cc1cc(-c2ccc(-c3cccc(CO)c3)s2)sc1-c1ccc(-c2sc(-c3ccc(-c4cccc(CO)c4)s3)cc2CC(=O)O)s1. The lowest BCUT2D eigenvalue weighted by Crippen LogP contribution is -1.99. The fourth-order valence-corrected chi connectivity index (χ4v) is 11.2. The Labute approximate surface area is 286 Å². The highest BCUT2D eigenvalue weighted by atomic mass is 32.1. The number of benzene rings is 2. The summed E-state index contributed by atoms with van der Waals surface area (Å²) in [5.41, 5.74) is 6.01. The fourth-order valence-electron chi connectivity index (χ4n) is 5.38. The fraction of sp³-hybridized carbons (Fsp3) is 0.108. The van der Waals surface area contributed by atoms with Crippen LogP contribution in [0.1, 0.15) is 22.3 Å². The summed E-state index contributed by atoms with van der Waals surface area (Å²) in [6.07, 6.45) is -0.0278. The van der Waals surface area contributed by atoms with Crippen LogP contribution in [0.25, 0.3) is 59.9 Å². The summed E-state index contributed by atoms with van der Waals surface area (Å²) in [5.74, 6) is -0.841. The van der Waals surface area contributed by atoms with Crippen molar-refractivity contribution in [3.05, 3.63) is 119 Å². The van der Waals surface area contributed by atoms with Crippen molar-refractivity contribution in [2.24, 2.45) is 0 Å². The van der Waals surface area contributed by atoms with Gasteiger partial charge in [-0.3, -0.25) is 4.79 Å². The van der Waals surface area contributed by atoms with Gasteiger partial charge in [-0.15, -0.1) is 56.7 Å². The van der Waals surface area contributed by atoms with Crippen molar-refractivity contribution >= 4 is 62.7 Å². The Kier molecular flexibility index (Phi) is 8.89. The van der Waals surface area contributed by atoms with Crippen LogP contribution in [-0.2, 0) is 24.4 Å². The Balaban J connectivity index is 1.18. The Morgan fingerprint density at radius 2 is 1.02 bits per heavy atom. The third-order valence-electron chi connectivity index (χ3n) is 7.61. The van der Waals surface area contributed by atoms with Crippen molar-refractivity contribution in [3.63, 3.8) is 0 Å². The highest BCUT2D eigenvalue weighted by Gasteiger charge is 2.20. The van der Waals surface area contributed by atoms with E-state index in [1.165, 1.54) is 29.9 Å². The molecule has 7 aromatic rings. The van der Waals surface area contributed by atoms with Gasteiger partial charge in [0.25, 0.3) is 0 Å². The number of aryl methyl sites for hydroxylation is 1. The average molecular weight is 697 g/mol. The van der Waals surface area contributed by atoms with Gasteiger partial charge < -0.3 is 15.3 Å². The predicted molar refractivity (Wildman–Crippen MR) is 196 cm³/mol. The summed E-state index contributed by atoms with van der Waals surface area (Å²) < 4.78 is 0. The van der Waals surface area contributed by atoms with Gasteiger partial charge in [0.2, 0.25) is 0 Å². The first-order chi connectivity index (χ1) is 22.4. The van der Waals surface area contributed by atoms with Crippen LogP contribution in [0, 0.1) is 6.92 Å². The Morgan fingerprint density at radius 1 is 0.543 bits per heavy atom. The summed E-state index contributed by atoms with van der Waals surface area (Å²) in [5, 5.41) is 28.8. The maximum Gasteiger partial charge on any atom is 0.307 e. The number of aliphatic hydroxyl groups is 2. The summed E-state index contributed by atoms with van der Waals surface area (Å²) in [7, 11) is 0. The molecule has 0 aliphatic heterocycles. The zero-order chi connectivity index (χ0) is 31.8. The first kappa shape index (κ1) is 31.0. The summed E-state index contributed by atoms with van der Waals surface area (Å²) >= 11 is 8.58. The third-order valence-corrected chi connectivity index (χ3v) is 14.1. The maximum absolute atomic E-state index is 11.9. The molecule has 0 saturated heterocycles. The molecule has 46 heavy (non-hydrogen) atoms. The molecule has 2 aromatic carbocycles. The van der Waals surface area contributed by atoms with Crippen LogP contribution in [0.4, 0.5) is 0 Å². The molecule has 0 amide bonds. The molecule has 0 spiro atoms. The number of hydrogen-bond donors (Lipinski definition) is 3. The Bertz CT molecular complexity index is 2170. The molecular weight excluding hydrogens is 669 g/mol. The van der Waals surface area contributed by atoms with Crippen molar-refractivity contribution in [3.8, 4) is 59.9 Å². The van der Waals surface area contributed by atoms with Gasteiger partial charge in [0.15, 0.2) is 0 Å². The van der Waals surface area contributed by atoms with Crippen molar-refractivity contribution in [1.29, 1.82) is 0 Å². The summed E-state index contributed by atoms with van der Waals surface area (Å²) in [6.45, 7) is 2.19. The highest BCUT2D eigenvalue weighted by Crippen LogP contribution is 2.48. The van der Waals surface area contributed by atoms with E-state index in [-0.39, 0.29) is 19.6 Å². The van der Waals surface area contributed by atoms with Crippen LogP contribution in [0.3, 0.4) is 0 Å². The van der Waals surface area contributed by atoms with Crippen LogP contribution in [0.5, 0.6) is 0 Å². The normalized spacial score (nSPS) is 11.4. The summed E-state index contributed by atoms with van der Waals surface area (Å²) in [4.78, 5) is 23.2. The van der Waals surface area contributed by atoms with Crippen LogP contribution >= 0.6 is 56.7 Å². The summed E-state index contributed by atoms with van der Waals surface area (Å²) in [6, 6.07) is 33.0. The molecule has 9 heteroatoms. The van der Waals surface area contributed by atoms with Gasteiger partial charge in [-0.05, 0) is 101 Å². The maximum atomic E-state index is 11.9. The van der Waals surface area contributed by atoms with Crippen LogP contribution in [-0.4, -0.2) is 21.3 Å². The number of carboxylic acids is 1. The number of thiophene rings is 5. The van der Waals surface area contributed by atoms with E-state index in [0.717, 1.165) is 52.2 Å². The Hall–Kier alpha value is -3.67. The number of carboxylic acid groups (broad SMARTS) is 1. The third kappa shape index (κ3) is 6.32. The minimum Gasteiger partial charge on any atom is -0.481 e. The monoisotopic (exact) mass is 696 g/mol. The molecule has 0 radical (unpaired) electrons. The van der Waals surface area contributed by atoms with E-state index in [0.29, 0.717) is 0 Å². The molecular formula is C37H28O4S5. The number of hydrogen-bond acceptors (Lipinski definition) is 8. The molecule has 0 aliphatic carbocycles. The minimum atomic E-state index is -0.841. The molecule has 7 rings (SSSR count). The van der Waals surface area contributed by atoms with Crippen molar-refractivity contribution in [2.45, 2.75) is 26.6 Å². The van der Waals surface area contributed by atoms with Gasteiger partial charge in [-0.1, -0.05) is 36.4 Å². The number of aliphatic carboxylic acids is 1. The molecule has 0 atom stereocenters. The van der Waals surface area contributed by atoms with E-state index in [9.17, 15) is 20.1 Å². The van der Waals surface area contributed by atoms with Gasteiger partial charge in [0, 0.05) is 48.8 Å². The van der Waals surface area contributed by atoms with Crippen LogP contribution < -0.4 is 0 Å². The smallest absolute Gasteiger partial charge is 0.307 e. The topological polar surface area (TPSA) is 77.8 Å². The van der Waals surface area contributed by atoms with Gasteiger partial charge in [0.1, 0.15) is 0 Å². The molecule has 0 saturated carbocycles. The van der Waals surface area contributed by atoms with E-state index in [1.807, 2.05) is 48.5 Å². The molecule has 0 bridgehead atoms. The molecule has 0 fully saturated rings. The molecule has 5 heterocycles. The van der Waals surface area contributed by atoms with Crippen molar-refractivity contribution in [1.82, 2.24) is 0 Å². The van der Waals surface area contributed by atoms with Crippen LogP contribution in [0.2, 0.25) is 0 Å². The van der Waals surface area contributed by atoms with E-state index < -0.39 is 5.97 Å². The van der Waals surface area contributed by atoms with Gasteiger partial charge in [0.05, 0.1) is 19.6 Å². The van der Waals surface area contributed by atoms with Gasteiger partial charge in [-0.25, -0.2) is 0 Å². The first-order valence-corrected chi connectivity index (χ1v) is 18.6. The standard InChI is InChI=1S/C37H28O4S5/c1-21-14-33(29-10-8-27(42-29)24-6-2-4-22(15-24)19-38)45-36(21)31-12-13-32(44-31)37-26(18-35(40)41)17-34(46-37)30-11-9-28(43-30)25-7-3-5-23(16-25)20-39/h2-17,38-39H,18-20H2,1H3,(H,40,41). The van der Waals surface area contributed by atoms with E-state index in [4.69, 9.17) is 0 Å². The minimum absolute atomic E-state index is 0.00403. The van der Waals surface area contributed by atoms with E-state index in [2.05, 4.69) is 55.5 Å². The number of carbonyl (C=O) groups is 1. The predicted octanol–water partition coefficient (Wildman–Crippen LogP) is 10.9. The van der Waals surface area contributed by atoms with Crippen molar-refractivity contribution < 1.29 is 20.1 Å². The lowest BCUT2D eigenvalue weighted by molar-refractivity contribution is -0.136. The van der Waals surface area contributed by atoms with E-state index >= 15 is 0 Å².